The van der Waals surface area contributed by atoms with Gasteiger partial charge in [-0.3, -0.25) is 0 Å². The van der Waals surface area contributed by atoms with E-state index in [2.05, 4.69) is 27.7 Å². The summed E-state index contributed by atoms with van der Waals surface area (Å²) in [5.41, 5.74) is 6.45. The van der Waals surface area contributed by atoms with E-state index in [-0.39, 0.29) is 0 Å². The van der Waals surface area contributed by atoms with E-state index in [4.69, 9.17) is 10.5 Å². The zero-order valence-corrected chi connectivity index (χ0v) is 13.6. The van der Waals surface area contributed by atoms with Crippen molar-refractivity contribution in [2.45, 2.75) is 66.2 Å². The van der Waals surface area contributed by atoms with Gasteiger partial charge < -0.3 is 10.5 Å². The van der Waals surface area contributed by atoms with E-state index in [9.17, 15) is 0 Å². The zero-order chi connectivity index (χ0) is 14.3. The molecule has 2 N–H and O–H groups in total. The Bertz CT molecular complexity index is 229. The fourth-order valence-corrected chi connectivity index (χ4v) is 3.19. The molecule has 0 spiro atoms. The Morgan fingerprint density at radius 2 is 1.74 bits per heavy atom. The lowest BCUT2D eigenvalue weighted by atomic mass is 9.66. The van der Waals surface area contributed by atoms with E-state index >= 15 is 0 Å². The molecule has 2 heteroatoms. The highest BCUT2D eigenvalue weighted by Crippen LogP contribution is 2.43. The highest BCUT2D eigenvalue weighted by Gasteiger charge is 2.34. The monoisotopic (exact) mass is 269 g/mol. The van der Waals surface area contributed by atoms with Crippen molar-refractivity contribution in [3.05, 3.63) is 0 Å². The molecule has 1 saturated carbocycles. The van der Waals surface area contributed by atoms with Crippen molar-refractivity contribution in [1.82, 2.24) is 0 Å². The molecule has 1 fully saturated rings. The highest BCUT2D eigenvalue weighted by atomic mass is 16.5. The maximum Gasteiger partial charge on any atom is 0.0471 e. The Morgan fingerprint density at radius 1 is 1.11 bits per heavy atom. The third-order valence-corrected chi connectivity index (χ3v) is 5.08. The molecule has 1 aliphatic carbocycles. The van der Waals surface area contributed by atoms with Gasteiger partial charge in [-0.1, -0.05) is 27.7 Å². The van der Waals surface area contributed by atoms with Crippen LogP contribution in [0, 0.1) is 23.2 Å². The predicted octanol–water partition coefficient (Wildman–Crippen LogP) is 4.23. The standard InChI is InChI=1S/C17H35NO/c1-14(2)7-11-19-12-10-17(13-18)8-5-16(6-9-17)15(3)4/h14-16H,5-13,18H2,1-4H3. The molecular formula is C17H35NO. The average Bonchev–Trinajstić information content (AvgIpc) is 2.38. The van der Waals surface area contributed by atoms with Crippen LogP contribution in [0.1, 0.15) is 66.2 Å². The Labute approximate surface area is 120 Å². The van der Waals surface area contributed by atoms with Crippen molar-refractivity contribution in [1.29, 1.82) is 0 Å². The molecule has 2 nitrogen and oxygen atoms in total. The van der Waals surface area contributed by atoms with Crippen molar-refractivity contribution in [2.24, 2.45) is 28.9 Å². The predicted molar refractivity (Wildman–Crippen MR) is 83.2 cm³/mol. The third kappa shape index (κ3) is 5.83. The van der Waals surface area contributed by atoms with Crippen molar-refractivity contribution in [2.75, 3.05) is 19.8 Å². The van der Waals surface area contributed by atoms with Gasteiger partial charge in [0.2, 0.25) is 0 Å². The van der Waals surface area contributed by atoms with E-state index in [0.29, 0.717) is 5.41 Å². The molecular weight excluding hydrogens is 234 g/mol. The molecule has 0 amide bonds. The van der Waals surface area contributed by atoms with E-state index in [0.717, 1.165) is 43.9 Å². The summed E-state index contributed by atoms with van der Waals surface area (Å²) in [5, 5.41) is 0. The fraction of sp³-hybridized carbons (Fsp3) is 1.00. The van der Waals surface area contributed by atoms with E-state index in [1.807, 2.05) is 0 Å². The Morgan fingerprint density at radius 3 is 2.21 bits per heavy atom. The molecule has 0 heterocycles. The lowest BCUT2D eigenvalue weighted by Gasteiger charge is -2.40. The van der Waals surface area contributed by atoms with Crippen LogP contribution in [-0.4, -0.2) is 19.8 Å². The van der Waals surface area contributed by atoms with Gasteiger partial charge in [0.25, 0.3) is 0 Å². The molecule has 0 saturated heterocycles. The minimum atomic E-state index is 0.378. The van der Waals surface area contributed by atoms with Crippen molar-refractivity contribution < 1.29 is 4.74 Å². The quantitative estimate of drug-likeness (QED) is 0.669. The number of nitrogens with two attached hydrogens (primary N) is 1. The van der Waals surface area contributed by atoms with E-state index in [1.54, 1.807) is 0 Å². The molecule has 0 aromatic rings. The van der Waals surface area contributed by atoms with Crippen LogP contribution in [0.2, 0.25) is 0 Å². The van der Waals surface area contributed by atoms with Gasteiger partial charge in [0.15, 0.2) is 0 Å². The summed E-state index contributed by atoms with van der Waals surface area (Å²) in [7, 11) is 0. The van der Waals surface area contributed by atoms with Gasteiger partial charge in [-0.2, -0.15) is 0 Å². The highest BCUT2D eigenvalue weighted by molar-refractivity contribution is 4.87. The molecule has 1 aliphatic rings. The number of rotatable bonds is 8. The second kappa shape index (κ2) is 8.26. The Kier molecular flexibility index (Phi) is 7.38. The lowest BCUT2D eigenvalue weighted by molar-refractivity contribution is 0.0574. The normalized spacial score (nSPS) is 28.3. The van der Waals surface area contributed by atoms with E-state index < -0.39 is 0 Å². The van der Waals surface area contributed by atoms with Crippen molar-refractivity contribution >= 4 is 0 Å². The smallest absolute Gasteiger partial charge is 0.0471 e. The van der Waals surface area contributed by atoms with Gasteiger partial charge in [0.05, 0.1) is 0 Å². The molecule has 0 aliphatic heterocycles. The van der Waals surface area contributed by atoms with Gasteiger partial charge >= 0.3 is 0 Å². The summed E-state index contributed by atoms with van der Waals surface area (Å²) in [4.78, 5) is 0. The summed E-state index contributed by atoms with van der Waals surface area (Å²) >= 11 is 0. The average molecular weight is 269 g/mol. The van der Waals surface area contributed by atoms with Crippen LogP contribution in [0.5, 0.6) is 0 Å². The fourth-order valence-electron chi connectivity index (χ4n) is 3.19. The van der Waals surface area contributed by atoms with Crippen LogP contribution >= 0.6 is 0 Å². The summed E-state index contributed by atoms with van der Waals surface area (Å²) in [6.07, 6.45) is 7.67. The first-order valence-electron chi connectivity index (χ1n) is 8.27. The summed E-state index contributed by atoms with van der Waals surface area (Å²) < 4.78 is 5.79. The van der Waals surface area contributed by atoms with E-state index in [1.165, 1.54) is 32.1 Å². The minimum absolute atomic E-state index is 0.378. The van der Waals surface area contributed by atoms with Crippen LogP contribution in [0.3, 0.4) is 0 Å². The van der Waals surface area contributed by atoms with Gasteiger partial charge in [-0.25, -0.2) is 0 Å². The SMILES string of the molecule is CC(C)CCOCCC1(CN)CCC(C(C)C)CC1. The molecule has 0 unspecified atom stereocenters. The number of ether oxygens (including phenoxy) is 1. The molecule has 0 bridgehead atoms. The summed E-state index contributed by atoms with van der Waals surface area (Å²) in [6.45, 7) is 11.9. The molecule has 114 valence electrons. The zero-order valence-electron chi connectivity index (χ0n) is 13.6. The first kappa shape index (κ1) is 17.0. The van der Waals surface area contributed by atoms with Crippen LogP contribution in [0.4, 0.5) is 0 Å². The molecule has 0 aromatic heterocycles. The van der Waals surface area contributed by atoms with Crippen LogP contribution < -0.4 is 5.73 Å². The van der Waals surface area contributed by atoms with Crippen LogP contribution in [0.15, 0.2) is 0 Å². The van der Waals surface area contributed by atoms with Crippen molar-refractivity contribution in [3.63, 3.8) is 0 Å². The topological polar surface area (TPSA) is 35.2 Å². The van der Waals surface area contributed by atoms with Crippen molar-refractivity contribution in [3.8, 4) is 0 Å². The second-order valence-electron chi connectivity index (χ2n) is 7.33. The largest absolute Gasteiger partial charge is 0.381 e. The molecule has 1 rings (SSSR count). The Hall–Kier alpha value is -0.0800. The maximum atomic E-state index is 6.07. The molecule has 0 radical (unpaired) electrons. The van der Waals surface area contributed by atoms with Gasteiger partial charge in [0.1, 0.15) is 0 Å². The van der Waals surface area contributed by atoms with Crippen LogP contribution in [-0.2, 0) is 4.74 Å². The molecule has 0 aromatic carbocycles. The summed E-state index contributed by atoms with van der Waals surface area (Å²) in [6, 6.07) is 0. The number of hydrogen-bond donors (Lipinski definition) is 1. The number of hydrogen-bond acceptors (Lipinski definition) is 2. The lowest BCUT2D eigenvalue weighted by Crippen LogP contribution is -2.37. The summed E-state index contributed by atoms with van der Waals surface area (Å²) in [5.74, 6) is 2.49. The minimum Gasteiger partial charge on any atom is -0.381 e. The molecule has 0 atom stereocenters. The third-order valence-electron chi connectivity index (χ3n) is 5.08. The van der Waals surface area contributed by atoms with Gasteiger partial charge in [0, 0.05) is 13.2 Å². The Balaban J connectivity index is 2.25. The van der Waals surface area contributed by atoms with Crippen LogP contribution in [0.25, 0.3) is 0 Å². The maximum absolute atomic E-state index is 6.07. The van der Waals surface area contributed by atoms with Gasteiger partial charge in [-0.15, -0.1) is 0 Å². The second-order valence-corrected chi connectivity index (χ2v) is 7.33. The molecule has 19 heavy (non-hydrogen) atoms. The van der Waals surface area contributed by atoms with Gasteiger partial charge in [-0.05, 0) is 68.2 Å². The first-order valence-corrected chi connectivity index (χ1v) is 8.27. The first-order chi connectivity index (χ1) is 8.99.